The topological polar surface area (TPSA) is 60.9 Å². The molecule has 2 heterocycles. The minimum absolute atomic E-state index is 0.0299. The number of benzene rings is 1. The lowest BCUT2D eigenvalue weighted by atomic mass is 9.85. The molecular formula is C18H27N3O3S. The first-order chi connectivity index (χ1) is 11.6. The summed E-state index contributed by atoms with van der Waals surface area (Å²) in [5, 5.41) is 0. The molecule has 25 heavy (non-hydrogen) atoms. The van der Waals surface area contributed by atoms with E-state index in [0.29, 0.717) is 24.5 Å². The lowest BCUT2D eigenvalue weighted by molar-refractivity contribution is -0.122. The molecule has 0 bridgehead atoms. The second-order valence-corrected chi connectivity index (χ2v) is 9.46. The molecule has 1 aromatic rings. The van der Waals surface area contributed by atoms with Crippen molar-refractivity contribution in [1.82, 2.24) is 9.21 Å². The van der Waals surface area contributed by atoms with Crippen LogP contribution >= 0.6 is 0 Å². The van der Waals surface area contributed by atoms with E-state index in [1.54, 1.807) is 21.3 Å². The Labute approximate surface area is 150 Å². The maximum Gasteiger partial charge on any atom is 0.243 e. The van der Waals surface area contributed by atoms with Crippen LogP contribution in [0.25, 0.3) is 0 Å². The maximum absolute atomic E-state index is 13.1. The van der Waals surface area contributed by atoms with E-state index in [2.05, 4.69) is 4.90 Å². The van der Waals surface area contributed by atoms with Crippen molar-refractivity contribution in [2.75, 3.05) is 44.7 Å². The van der Waals surface area contributed by atoms with Gasteiger partial charge in [-0.2, -0.15) is 4.31 Å². The molecule has 0 N–H and O–H groups in total. The summed E-state index contributed by atoms with van der Waals surface area (Å²) in [6, 6.07) is 3.42. The van der Waals surface area contributed by atoms with Crippen molar-refractivity contribution < 1.29 is 13.2 Å². The molecule has 3 rings (SSSR count). The third kappa shape index (κ3) is 2.78. The molecule has 0 spiro atoms. The van der Waals surface area contributed by atoms with Gasteiger partial charge in [-0.1, -0.05) is 0 Å². The van der Waals surface area contributed by atoms with E-state index in [1.165, 1.54) is 0 Å². The highest BCUT2D eigenvalue weighted by molar-refractivity contribution is 7.89. The largest absolute Gasteiger partial charge is 0.311 e. The van der Waals surface area contributed by atoms with Crippen LogP contribution in [0.2, 0.25) is 0 Å². The van der Waals surface area contributed by atoms with Gasteiger partial charge in [0, 0.05) is 32.7 Å². The molecular weight excluding hydrogens is 338 g/mol. The lowest BCUT2D eigenvalue weighted by Gasteiger charge is -2.32. The van der Waals surface area contributed by atoms with Crippen LogP contribution in [0.3, 0.4) is 0 Å². The standard InChI is InChI=1S/C18H27N3O3S/c1-6-21-16-13(2)11-14(12-15(16)18(3,4)17(21)22)25(23,24)20-9-7-19(5)8-10-20/h11-12H,6-10H2,1-5H3. The van der Waals surface area contributed by atoms with Gasteiger partial charge in [-0.3, -0.25) is 4.79 Å². The van der Waals surface area contributed by atoms with Crippen molar-refractivity contribution in [2.24, 2.45) is 0 Å². The summed E-state index contributed by atoms with van der Waals surface area (Å²) in [4.78, 5) is 16.9. The minimum atomic E-state index is -3.54. The van der Waals surface area contributed by atoms with Crippen LogP contribution in [-0.2, 0) is 20.2 Å². The van der Waals surface area contributed by atoms with E-state index in [4.69, 9.17) is 0 Å². The molecule has 1 fully saturated rings. The van der Waals surface area contributed by atoms with Crippen LogP contribution in [-0.4, -0.2) is 63.3 Å². The zero-order valence-corrected chi connectivity index (χ0v) is 16.5. The first-order valence-electron chi connectivity index (χ1n) is 8.76. The van der Waals surface area contributed by atoms with Crippen LogP contribution in [0.15, 0.2) is 17.0 Å². The van der Waals surface area contributed by atoms with E-state index in [9.17, 15) is 13.2 Å². The summed E-state index contributed by atoms with van der Waals surface area (Å²) < 4.78 is 27.7. The van der Waals surface area contributed by atoms with Crippen LogP contribution in [0.5, 0.6) is 0 Å². The van der Waals surface area contributed by atoms with E-state index in [1.807, 2.05) is 34.7 Å². The highest BCUT2D eigenvalue weighted by Crippen LogP contribution is 2.44. The van der Waals surface area contributed by atoms with Gasteiger partial charge < -0.3 is 9.80 Å². The Morgan fingerprint density at radius 3 is 2.28 bits per heavy atom. The van der Waals surface area contributed by atoms with Gasteiger partial charge >= 0.3 is 0 Å². The van der Waals surface area contributed by atoms with Gasteiger partial charge in [0.15, 0.2) is 0 Å². The molecule has 0 aromatic heterocycles. The summed E-state index contributed by atoms with van der Waals surface area (Å²) in [5.74, 6) is 0.0299. The Bertz CT molecular complexity index is 809. The van der Waals surface area contributed by atoms with Gasteiger partial charge in [-0.05, 0) is 58.0 Å². The fraction of sp³-hybridized carbons (Fsp3) is 0.611. The highest BCUT2D eigenvalue weighted by atomic mass is 32.2. The lowest BCUT2D eigenvalue weighted by Crippen LogP contribution is -2.47. The number of fused-ring (bicyclic) bond motifs is 1. The summed E-state index contributed by atoms with van der Waals surface area (Å²) >= 11 is 0. The molecule has 0 atom stereocenters. The van der Waals surface area contributed by atoms with Crippen LogP contribution in [0.4, 0.5) is 5.69 Å². The molecule has 1 amide bonds. The summed E-state index contributed by atoms with van der Waals surface area (Å²) in [6.07, 6.45) is 0. The minimum Gasteiger partial charge on any atom is -0.311 e. The SMILES string of the molecule is CCN1C(=O)C(C)(C)c2cc(S(=O)(=O)N3CCN(C)CC3)cc(C)c21. The van der Waals surface area contributed by atoms with Crippen molar-refractivity contribution in [3.8, 4) is 0 Å². The van der Waals surface area contributed by atoms with Gasteiger partial charge in [-0.25, -0.2) is 8.42 Å². The third-order valence-corrected chi connectivity index (χ3v) is 7.29. The predicted molar refractivity (Wildman–Crippen MR) is 98.5 cm³/mol. The molecule has 0 saturated carbocycles. The van der Waals surface area contributed by atoms with Crippen LogP contribution in [0.1, 0.15) is 31.9 Å². The number of anilines is 1. The number of sulfonamides is 1. The van der Waals surface area contributed by atoms with Gasteiger partial charge in [0.25, 0.3) is 0 Å². The quantitative estimate of drug-likeness (QED) is 0.816. The van der Waals surface area contributed by atoms with Crippen molar-refractivity contribution in [1.29, 1.82) is 0 Å². The molecule has 138 valence electrons. The van der Waals surface area contributed by atoms with Gasteiger partial charge in [0.1, 0.15) is 0 Å². The summed E-state index contributed by atoms with van der Waals surface area (Å²) in [5.41, 5.74) is 1.82. The molecule has 6 nitrogen and oxygen atoms in total. The molecule has 2 aliphatic rings. The zero-order chi connectivity index (χ0) is 18.6. The van der Waals surface area contributed by atoms with E-state index < -0.39 is 15.4 Å². The van der Waals surface area contributed by atoms with Crippen molar-refractivity contribution in [3.63, 3.8) is 0 Å². The average Bonchev–Trinajstić information content (AvgIpc) is 2.75. The molecule has 0 unspecified atom stereocenters. The number of nitrogens with zero attached hydrogens (tertiary/aromatic N) is 3. The van der Waals surface area contributed by atoms with E-state index in [0.717, 1.165) is 29.9 Å². The Hall–Kier alpha value is -1.44. The smallest absolute Gasteiger partial charge is 0.243 e. The molecule has 7 heteroatoms. The van der Waals surface area contributed by atoms with Crippen molar-refractivity contribution in [2.45, 2.75) is 38.0 Å². The number of likely N-dealkylation sites (N-methyl/N-ethyl adjacent to an activating group) is 2. The second kappa shape index (κ2) is 6.07. The van der Waals surface area contributed by atoms with Gasteiger partial charge in [0.05, 0.1) is 16.0 Å². The third-order valence-electron chi connectivity index (χ3n) is 5.41. The number of aryl methyl sites for hydroxylation is 1. The molecule has 1 saturated heterocycles. The monoisotopic (exact) mass is 365 g/mol. The number of hydrogen-bond donors (Lipinski definition) is 0. The van der Waals surface area contributed by atoms with E-state index in [-0.39, 0.29) is 5.91 Å². The van der Waals surface area contributed by atoms with Crippen LogP contribution in [0, 0.1) is 6.92 Å². The maximum atomic E-state index is 13.1. The Balaban J connectivity index is 2.08. The summed E-state index contributed by atoms with van der Waals surface area (Å²) in [6.45, 7) is 10.6. The number of carbonyl (C=O) groups excluding carboxylic acids is 1. The predicted octanol–water partition coefficient (Wildman–Crippen LogP) is 1.58. The highest BCUT2D eigenvalue weighted by Gasteiger charge is 2.45. The number of hydrogen-bond acceptors (Lipinski definition) is 4. The number of rotatable bonds is 3. The fourth-order valence-corrected chi connectivity index (χ4v) is 5.30. The van der Waals surface area contributed by atoms with Gasteiger partial charge in [-0.15, -0.1) is 0 Å². The normalized spacial score (nSPS) is 21.6. The Morgan fingerprint density at radius 2 is 1.72 bits per heavy atom. The second-order valence-electron chi connectivity index (χ2n) is 7.52. The Morgan fingerprint density at radius 1 is 1.12 bits per heavy atom. The number of piperazine rings is 1. The summed E-state index contributed by atoms with van der Waals surface area (Å²) in [7, 11) is -1.55. The zero-order valence-electron chi connectivity index (χ0n) is 15.7. The van der Waals surface area contributed by atoms with Crippen LogP contribution < -0.4 is 4.90 Å². The molecule has 1 aromatic carbocycles. The van der Waals surface area contributed by atoms with E-state index >= 15 is 0 Å². The Kier molecular flexibility index (Phi) is 4.46. The molecule has 0 radical (unpaired) electrons. The first kappa shape index (κ1) is 18.4. The molecule has 0 aliphatic carbocycles. The van der Waals surface area contributed by atoms with Gasteiger partial charge in [0.2, 0.25) is 15.9 Å². The number of carbonyl (C=O) groups is 1. The first-order valence-corrected chi connectivity index (χ1v) is 10.2. The fourth-order valence-electron chi connectivity index (χ4n) is 3.76. The number of amides is 1. The molecule has 2 aliphatic heterocycles. The van der Waals surface area contributed by atoms with Crippen molar-refractivity contribution in [3.05, 3.63) is 23.3 Å². The van der Waals surface area contributed by atoms with Crippen molar-refractivity contribution >= 4 is 21.6 Å². The average molecular weight is 365 g/mol.